The molecule has 0 spiro atoms. The van der Waals surface area contributed by atoms with E-state index in [2.05, 4.69) is 15.4 Å². The van der Waals surface area contributed by atoms with Crippen LogP contribution in [-0.4, -0.2) is 38.4 Å². The summed E-state index contributed by atoms with van der Waals surface area (Å²) < 4.78 is 1.68. The highest BCUT2D eigenvalue weighted by Crippen LogP contribution is 2.14. The molecule has 0 fully saturated rings. The minimum atomic E-state index is -0.509. The normalized spacial score (nSPS) is 12.1. The van der Waals surface area contributed by atoms with E-state index in [1.165, 1.54) is 0 Å². The van der Waals surface area contributed by atoms with Crippen molar-refractivity contribution in [2.45, 2.75) is 39.2 Å². The van der Waals surface area contributed by atoms with Gasteiger partial charge in [-0.2, -0.15) is 5.10 Å². The van der Waals surface area contributed by atoms with Crippen molar-refractivity contribution in [3.8, 4) is 5.82 Å². The molecule has 0 aliphatic heterocycles. The van der Waals surface area contributed by atoms with Crippen LogP contribution in [0.15, 0.2) is 30.6 Å². The Morgan fingerprint density at radius 1 is 1.41 bits per heavy atom. The van der Waals surface area contributed by atoms with Crippen molar-refractivity contribution in [1.29, 1.82) is 0 Å². The van der Waals surface area contributed by atoms with Gasteiger partial charge in [0.15, 0.2) is 5.82 Å². The lowest BCUT2D eigenvalue weighted by atomic mass is 10.1. The number of carbonyl (C=O) groups excluding carboxylic acids is 1. The molecule has 0 aliphatic carbocycles. The number of rotatable bonds is 7. The van der Waals surface area contributed by atoms with E-state index in [9.17, 15) is 9.90 Å². The quantitative estimate of drug-likeness (QED) is 0.816. The van der Waals surface area contributed by atoms with Gasteiger partial charge in [-0.25, -0.2) is 9.67 Å². The van der Waals surface area contributed by atoms with E-state index in [1.807, 2.05) is 32.0 Å². The molecular formula is C16H22N4O2. The molecule has 22 heavy (non-hydrogen) atoms. The van der Waals surface area contributed by atoms with Gasteiger partial charge >= 0.3 is 0 Å². The number of nitrogens with zero attached hydrogens (tertiary/aromatic N) is 3. The number of hydrogen-bond donors (Lipinski definition) is 2. The zero-order chi connectivity index (χ0) is 15.9. The Morgan fingerprint density at radius 3 is 2.86 bits per heavy atom. The number of amides is 1. The fraction of sp³-hybridized carbons (Fsp3) is 0.438. The van der Waals surface area contributed by atoms with E-state index < -0.39 is 6.10 Å². The molecule has 2 N–H and O–H groups in total. The second-order valence-corrected chi connectivity index (χ2v) is 5.11. The minimum Gasteiger partial charge on any atom is -0.391 e. The maximum atomic E-state index is 12.3. The van der Waals surface area contributed by atoms with Crippen LogP contribution in [0, 0.1) is 0 Å². The van der Waals surface area contributed by atoms with Gasteiger partial charge in [0.05, 0.1) is 23.6 Å². The molecule has 1 atom stereocenters. The van der Waals surface area contributed by atoms with Crippen LogP contribution in [0.25, 0.3) is 5.82 Å². The summed E-state index contributed by atoms with van der Waals surface area (Å²) in [6.45, 7) is 4.22. The van der Waals surface area contributed by atoms with Crippen molar-refractivity contribution in [3.05, 3.63) is 41.9 Å². The number of aliphatic hydroxyl groups is 1. The smallest absolute Gasteiger partial charge is 0.254 e. The fourth-order valence-electron chi connectivity index (χ4n) is 2.32. The fourth-order valence-corrected chi connectivity index (χ4v) is 2.32. The third-order valence-corrected chi connectivity index (χ3v) is 3.43. The summed E-state index contributed by atoms with van der Waals surface area (Å²) >= 11 is 0. The van der Waals surface area contributed by atoms with Crippen LogP contribution in [0.3, 0.4) is 0 Å². The highest BCUT2D eigenvalue weighted by atomic mass is 16.3. The van der Waals surface area contributed by atoms with E-state index in [1.54, 1.807) is 17.1 Å². The summed E-state index contributed by atoms with van der Waals surface area (Å²) in [5.41, 5.74) is 1.33. The molecule has 2 aromatic heterocycles. The SMILES string of the molecule is CCCC(O)CNC(=O)c1cnn(-c2ccccn2)c1CC. The number of nitrogens with one attached hydrogen (secondary N) is 1. The Kier molecular flexibility index (Phi) is 5.66. The summed E-state index contributed by atoms with van der Waals surface area (Å²) in [6, 6.07) is 5.56. The van der Waals surface area contributed by atoms with Crippen molar-refractivity contribution in [2.75, 3.05) is 6.54 Å². The first-order chi connectivity index (χ1) is 10.7. The van der Waals surface area contributed by atoms with Gasteiger partial charge in [0.2, 0.25) is 0 Å². The molecule has 2 aromatic rings. The Morgan fingerprint density at radius 2 is 2.23 bits per heavy atom. The predicted octanol–water partition coefficient (Wildman–Crippen LogP) is 1.72. The van der Waals surface area contributed by atoms with Gasteiger partial charge in [-0.05, 0) is 25.0 Å². The number of carbonyl (C=O) groups is 1. The molecule has 6 heteroatoms. The molecule has 2 heterocycles. The van der Waals surface area contributed by atoms with E-state index in [4.69, 9.17) is 0 Å². The van der Waals surface area contributed by atoms with Crippen molar-refractivity contribution < 1.29 is 9.90 Å². The monoisotopic (exact) mass is 302 g/mol. The highest BCUT2D eigenvalue weighted by Gasteiger charge is 2.18. The predicted molar refractivity (Wildman–Crippen MR) is 84.0 cm³/mol. The van der Waals surface area contributed by atoms with Crippen molar-refractivity contribution in [1.82, 2.24) is 20.1 Å². The van der Waals surface area contributed by atoms with E-state index >= 15 is 0 Å². The molecule has 0 saturated carbocycles. The summed E-state index contributed by atoms with van der Waals surface area (Å²) in [7, 11) is 0. The average molecular weight is 302 g/mol. The average Bonchev–Trinajstić information content (AvgIpc) is 2.97. The second kappa shape index (κ2) is 7.70. The lowest BCUT2D eigenvalue weighted by molar-refractivity contribution is 0.0909. The number of aromatic nitrogens is 3. The Labute approximate surface area is 130 Å². The minimum absolute atomic E-state index is 0.214. The maximum absolute atomic E-state index is 12.3. The first kappa shape index (κ1) is 16.2. The Balaban J connectivity index is 2.15. The standard InChI is InChI=1S/C16H22N4O2/c1-3-7-12(21)10-18-16(22)13-11-19-20(14(13)4-2)15-8-5-6-9-17-15/h5-6,8-9,11-12,21H,3-4,7,10H2,1-2H3,(H,18,22). The first-order valence-corrected chi connectivity index (χ1v) is 7.61. The van der Waals surface area contributed by atoms with Gasteiger partial charge in [0.25, 0.3) is 5.91 Å². The Bertz CT molecular complexity index is 610. The summed E-state index contributed by atoms with van der Waals surface area (Å²) in [5.74, 6) is 0.471. The van der Waals surface area contributed by atoms with Gasteiger partial charge in [-0.3, -0.25) is 4.79 Å². The molecule has 0 radical (unpaired) electrons. The molecule has 0 aromatic carbocycles. The van der Waals surface area contributed by atoms with Crippen LogP contribution in [-0.2, 0) is 6.42 Å². The number of pyridine rings is 1. The Hall–Kier alpha value is -2.21. The van der Waals surface area contributed by atoms with Crippen molar-refractivity contribution in [3.63, 3.8) is 0 Å². The molecule has 6 nitrogen and oxygen atoms in total. The molecular weight excluding hydrogens is 280 g/mol. The van der Waals surface area contributed by atoms with E-state index in [-0.39, 0.29) is 12.5 Å². The molecule has 1 amide bonds. The van der Waals surface area contributed by atoms with Gasteiger partial charge in [0.1, 0.15) is 0 Å². The molecule has 2 rings (SSSR count). The molecule has 0 bridgehead atoms. The van der Waals surface area contributed by atoms with Gasteiger partial charge in [-0.1, -0.05) is 26.3 Å². The number of aliphatic hydroxyl groups excluding tert-OH is 1. The van der Waals surface area contributed by atoms with Crippen LogP contribution >= 0.6 is 0 Å². The molecule has 118 valence electrons. The third kappa shape index (κ3) is 3.71. The van der Waals surface area contributed by atoms with Crippen molar-refractivity contribution in [2.24, 2.45) is 0 Å². The van der Waals surface area contributed by atoms with Gasteiger partial charge in [-0.15, -0.1) is 0 Å². The van der Waals surface area contributed by atoms with Crippen LogP contribution in [0.1, 0.15) is 42.7 Å². The topological polar surface area (TPSA) is 80.0 Å². The van der Waals surface area contributed by atoms with Crippen molar-refractivity contribution >= 4 is 5.91 Å². The van der Waals surface area contributed by atoms with Crippen LogP contribution < -0.4 is 5.32 Å². The summed E-state index contributed by atoms with van der Waals surface area (Å²) in [5, 5.41) is 16.7. The second-order valence-electron chi connectivity index (χ2n) is 5.11. The summed E-state index contributed by atoms with van der Waals surface area (Å²) in [4.78, 5) is 16.5. The highest BCUT2D eigenvalue weighted by molar-refractivity contribution is 5.95. The third-order valence-electron chi connectivity index (χ3n) is 3.43. The zero-order valence-electron chi connectivity index (χ0n) is 13.0. The zero-order valence-corrected chi connectivity index (χ0v) is 13.0. The van der Waals surface area contributed by atoms with Crippen LogP contribution in [0.5, 0.6) is 0 Å². The van der Waals surface area contributed by atoms with E-state index in [0.717, 1.165) is 12.1 Å². The molecule has 0 aliphatic rings. The number of hydrogen-bond acceptors (Lipinski definition) is 4. The van der Waals surface area contributed by atoms with E-state index in [0.29, 0.717) is 24.2 Å². The van der Waals surface area contributed by atoms with Gasteiger partial charge < -0.3 is 10.4 Å². The lowest BCUT2D eigenvalue weighted by Gasteiger charge is -2.11. The largest absolute Gasteiger partial charge is 0.391 e. The van der Waals surface area contributed by atoms with Gasteiger partial charge in [0, 0.05) is 12.7 Å². The van der Waals surface area contributed by atoms with Crippen LogP contribution in [0.4, 0.5) is 0 Å². The lowest BCUT2D eigenvalue weighted by Crippen LogP contribution is -2.32. The van der Waals surface area contributed by atoms with Crippen LogP contribution in [0.2, 0.25) is 0 Å². The summed E-state index contributed by atoms with van der Waals surface area (Å²) in [6.07, 6.45) is 4.96. The molecule has 0 saturated heterocycles. The first-order valence-electron chi connectivity index (χ1n) is 7.61. The molecule has 1 unspecified atom stereocenters. The maximum Gasteiger partial charge on any atom is 0.254 e.